The van der Waals surface area contributed by atoms with Gasteiger partial charge < -0.3 is 19.8 Å². The van der Waals surface area contributed by atoms with Crippen molar-refractivity contribution in [3.05, 3.63) is 36.5 Å². The summed E-state index contributed by atoms with van der Waals surface area (Å²) in [5.41, 5.74) is 0. The van der Waals surface area contributed by atoms with E-state index in [-0.39, 0.29) is 19.1 Å². The summed E-state index contributed by atoms with van der Waals surface area (Å²) < 4.78 is 23.8. The van der Waals surface area contributed by atoms with Gasteiger partial charge in [0.2, 0.25) is 5.91 Å². The number of phosphoric ester groups is 1. The Hall–Kier alpha value is -1.28. The quantitative estimate of drug-likeness (QED) is 0.0243. The van der Waals surface area contributed by atoms with Crippen LogP contribution in [0.15, 0.2) is 36.5 Å². The first-order valence-corrected chi connectivity index (χ1v) is 35.9. The summed E-state index contributed by atoms with van der Waals surface area (Å²) in [5, 5.41) is 14.0. The molecule has 0 radical (unpaired) electrons. The number of nitrogens with zero attached hydrogens (tertiary/aromatic N) is 1. The first kappa shape index (κ1) is 76.7. The third kappa shape index (κ3) is 62.3. The minimum absolute atomic E-state index is 0.0578. The first-order valence-electron chi connectivity index (χ1n) is 34.4. The molecular weight excluding hydrogens is 984 g/mol. The number of allylic oxidation sites excluding steroid dienone is 5. The molecule has 0 fully saturated rings. The van der Waals surface area contributed by atoms with Crippen molar-refractivity contribution in [2.24, 2.45) is 0 Å². The van der Waals surface area contributed by atoms with Crippen molar-refractivity contribution in [2.45, 2.75) is 360 Å². The molecule has 0 rings (SSSR count). The van der Waals surface area contributed by atoms with Gasteiger partial charge in [-0.2, -0.15) is 0 Å². The van der Waals surface area contributed by atoms with Crippen LogP contribution in [-0.2, 0) is 18.4 Å². The number of quaternary nitrogens is 1. The predicted molar refractivity (Wildman–Crippen MR) is 341 cm³/mol. The largest absolute Gasteiger partial charge is 0.472 e. The number of unbranched alkanes of at least 4 members (excludes halogenated alkanes) is 47. The summed E-state index contributed by atoms with van der Waals surface area (Å²) in [5.74, 6) is -0.180. The Bertz CT molecular complexity index is 1360. The maximum Gasteiger partial charge on any atom is 0.472 e. The number of amides is 1. The standard InChI is InChI=1S/C69H135N2O6P/c1-6-8-10-12-14-16-18-20-22-24-26-28-29-30-31-32-33-34-35-36-37-38-39-40-41-43-45-47-49-51-53-55-57-59-61-63-69(73)70-67(66-77-78(74,75)76-65-64-71(3,4)5)68(72)62-60-58-56-54-52-50-48-46-44-42-27-25-23-21-19-17-15-13-11-9-7-2/h32-33,52,54,60,62,67-68,72H,6-31,34-51,53,55-59,61,63-66H2,1-5H3,(H-,70,73,74,75)/p+1/b33-32-,54-52+,62-60+. The fraction of sp³-hybridized carbons (Fsp3) is 0.899. The monoisotopic (exact) mass is 1120 g/mol. The number of nitrogens with one attached hydrogen (secondary N) is 1. The van der Waals surface area contributed by atoms with Gasteiger partial charge in [0.15, 0.2) is 0 Å². The van der Waals surface area contributed by atoms with Gasteiger partial charge >= 0.3 is 7.82 Å². The average Bonchev–Trinajstić information content (AvgIpc) is 3.41. The van der Waals surface area contributed by atoms with Crippen molar-refractivity contribution in [1.29, 1.82) is 0 Å². The van der Waals surface area contributed by atoms with Crippen LogP contribution >= 0.6 is 7.82 Å². The number of aliphatic hydroxyl groups excluding tert-OH is 1. The van der Waals surface area contributed by atoms with Crippen LogP contribution in [0.25, 0.3) is 0 Å². The van der Waals surface area contributed by atoms with Gasteiger partial charge in [0.25, 0.3) is 0 Å². The van der Waals surface area contributed by atoms with E-state index in [0.29, 0.717) is 17.4 Å². The van der Waals surface area contributed by atoms with E-state index < -0.39 is 20.0 Å². The van der Waals surface area contributed by atoms with Gasteiger partial charge in [-0.25, -0.2) is 4.57 Å². The zero-order valence-electron chi connectivity index (χ0n) is 52.9. The van der Waals surface area contributed by atoms with Crippen molar-refractivity contribution in [2.75, 3.05) is 40.9 Å². The van der Waals surface area contributed by atoms with Crippen molar-refractivity contribution in [1.82, 2.24) is 5.32 Å². The van der Waals surface area contributed by atoms with E-state index >= 15 is 0 Å². The van der Waals surface area contributed by atoms with E-state index in [1.807, 2.05) is 27.2 Å². The van der Waals surface area contributed by atoms with Crippen LogP contribution in [0.3, 0.4) is 0 Å². The second kappa shape index (κ2) is 60.3. The second-order valence-electron chi connectivity index (χ2n) is 24.9. The van der Waals surface area contributed by atoms with Crippen LogP contribution in [-0.4, -0.2) is 73.4 Å². The molecule has 3 atom stereocenters. The summed E-state index contributed by atoms with van der Waals surface area (Å²) in [6.07, 6.45) is 80.1. The minimum Gasteiger partial charge on any atom is -0.387 e. The number of hydrogen-bond acceptors (Lipinski definition) is 5. The van der Waals surface area contributed by atoms with E-state index in [2.05, 4.69) is 43.5 Å². The van der Waals surface area contributed by atoms with E-state index in [1.165, 1.54) is 289 Å². The molecule has 0 aliphatic heterocycles. The molecule has 9 heteroatoms. The maximum absolute atomic E-state index is 13.0. The molecule has 0 aromatic rings. The van der Waals surface area contributed by atoms with Crippen molar-refractivity contribution in [3.8, 4) is 0 Å². The number of rotatable bonds is 64. The Labute approximate surface area is 487 Å². The van der Waals surface area contributed by atoms with Crippen LogP contribution in [0.4, 0.5) is 0 Å². The maximum atomic E-state index is 13.0. The summed E-state index contributed by atoms with van der Waals surface area (Å²) in [6.45, 7) is 4.85. The van der Waals surface area contributed by atoms with E-state index in [4.69, 9.17) is 9.05 Å². The predicted octanol–water partition coefficient (Wildman–Crippen LogP) is 21.7. The fourth-order valence-corrected chi connectivity index (χ4v) is 11.2. The molecule has 0 aliphatic rings. The highest BCUT2D eigenvalue weighted by molar-refractivity contribution is 7.47. The lowest BCUT2D eigenvalue weighted by molar-refractivity contribution is -0.870. The molecule has 0 bridgehead atoms. The number of carbonyl (C=O) groups is 1. The average molecular weight is 1120 g/mol. The van der Waals surface area contributed by atoms with E-state index in [9.17, 15) is 19.4 Å². The number of carbonyl (C=O) groups excluding carboxylic acids is 1. The van der Waals surface area contributed by atoms with Gasteiger partial charge in [-0.15, -0.1) is 0 Å². The van der Waals surface area contributed by atoms with Gasteiger partial charge in [0.05, 0.1) is 39.9 Å². The Morgan fingerprint density at radius 1 is 0.423 bits per heavy atom. The lowest BCUT2D eigenvalue weighted by Gasteiger charge is -2.25. The van der Waals surface area contributed by atoms with Gasteiger partial charge in [0.1, 0.15) is 13.2 Å². The molecule has 0 aliphatic carbocycles. The van der Waals surface area contributed by atoms with Crippen molar-refractivity contribution >= 4 is 13.7 Å². The van der Waals surface area contributed by atoms with Crippen LogP contribution in [0.1, 0.15) is 348 Å². The molecule has 8 nitrogen and oxygen atoms in total. The normalized spacial score (nSPS) is 13.9. The zero-order valence-corrected chi connectivity index (χ0v) is 53.8. The summed E-state index contributed by atoms with van der Waals surface area (Å²) in [4.78, 5) is 23.4. The molecule has 462 valence electrons. The molecule has 3 N–H and O–H groups in total. The summed E-state index contributed by atoms with van der Waals surface area (Å²) in [6, 6.07) is -0.863. The smallest absolute Gasteiger partial charge is 0.387 e. The summed E-state index contributed by atoms with van der Waals surface area (Å²) in [7, 11) is 1.57. The van der Waals surface area contributed by atoms with Crippen LogP contribution in [0.2, 0.25) is 0 Å². The van der Waals surface area contributed by atoms with E-state index in [0.717, 1.165) is 38.5 Å². The van der Waals surface area contributed by atoms with E-state index in [1.54, 1.807) is 6.08 Å². The highest BCUT2D eigenvalue weighted by Crippen LogP contribution is 2.43. The topological polar surface area (TPSA) is 105 Å². The zero-order chi connectivity index (χ0) is 57.0. The molecule has 0 heterocycles. The minimum atomic E-state index is -4.36. The Morgan fingerprint density at radius 2 is 0.705 bits per heavy atom. The third-order valence-corrected chi connectivity index (χ3v) is 16.8. The Balaban J connectivity index is 4.02. The van der Waals surface area contributed by atoms with Gasteiger partial charge in [0, 0.05) is 6.42 Å². The fourth-order valence-electron chi connectivity index (χ4n) is 10.5. The SMILES string of the molecule is CCCCCCCCCCCCCCCC/C=C\CCCCCCCCCCCCCCCCCCCC(=O)NC(COP(=O)(O)OCC[N+](C)(C)C)C(O)/C=C/CC/C=C/CCCCCCCCCCCCCCCCC. The first-order chi connectivity index (χ1) is 38.0. The van der Waals surface area contributed by atoms with Crippen LogP contribution in [0, 0.1) is 0 Å². The Morgan fingerprint density at radius 3 is 1.03 bits per heavy atom. The second-order valence-corrected chi connectivity index (χ2v) is 26.4. The number of hydrogen-bond donors (Lipinski definition) is 3. The van der Waals surface area contributed by atoms with Gasteiger partial charge in [-0.05, 0) is 57.8 Å². The number of likely N-dealkylation sites (N-methyl/N-ethyl adjacent to an activating group) is 1. The molecule has 0 spiro atoms. The molecular formula is C69H136N2O6P+. The van der Waals surface area contributed by atoms with Gasteiger partial charge in [-0.1, -0.05) is 320 Å². The van der Waals surface area contributed by atoms with Crippen molar-refractivity contribution in [3.63, 3.8) is 0 Å². The highest BCUT2D eigenvalue weighted by atomic mass is 31.2. The number of phosphoric acid groups is 1. The Kier molecular flexibility index (Phi) is 59.3. The van der Waals surface area contributed by atoms with Crippen LogP contribution < -0.4 is 5.32 Å². The molecule has 0 aromatic heterocycles. The molecule has 0 saturated carbocycles. The summed E-state index contributed by atoms with van der Waals surface area (Å²) >= 11 is 0. The molecule has 0 aromatic carbocycles. The number of aliphatic hydroxyl groups is 1. The highest BCUT2D eigenvalue weighted by Gasteiger charge is 2.28. The lowest BCUT2D eigenvalue weighted by Crippen LogP contribution is -2.45. The van der Waals surface area contributed by atoms with Crippen LogP contribution in [0.5, 0.6) is 0 Å². The molecule has 78 heavy (non-hydrogen) atoms. The molecule has 0 saturated heterocycles. The van der Waals surface area contributed by atoms with Crippen molar-refractivity contribution < 1.29 is 32.9 Å². The lowest BCUT2D eigenvalue weighted by atomic mass is 10.0. The molecule has 1 amide bonds. The molecule has 3 unspecified atom stereocenters. The van der Waals surface area contributed by atoms with Gasteiger partial charge in [-0.3, -0.25) is 13.8 Å². The third-order valence-electron chi connectivity index (χ3n) is 15.8.